The van der Waals surface area contributed by atoms with Crippen molar-refractivity contribution in [3.8, 4) is 23.0 Å². The first kappa shape index (κ1) is 61.4. The molecule has 6 aromatic rings. The molecule has 420 valence electrons. The number of phenols is 1. The van der Waals surface area contributed by atoms with E-state index in [0.717, 1.165) is 0 Å². The predicted octanol–water partition coefficient (Wildman–Crippen LogP) is 12.4. The lowest BCUT2D eigenvalue weighted by Gasteiger charge is -2.39. The highest BCUT2D eigenvalue weighted by molar-refractivity contribution is 6.62. The minimum Gasteiger partial charge on any atom is -0.504 e. The molecule has 2 aliphatic heterocycles. The Bertz CT molecular complexity index is 3130. The maximum absolute atomic E-state index is 14.5. The van der Waals surface area contributed by atoms with E-state index in [9.17, 15) is 33.1 Å². The Kier molecular flexibility index (Phi) is 20.7. The summed E-state index contributed by atoms with van der Waals surface area (Å²) in [4.78, 5) is 71.4. The molecule has 4 heterocycles. The number of benzene rings is 4. The summed E-state index contributed by atoms with van der Waals surface area (Å²) in [5.41, 5.74) is 0.237. The van der Waals surface area contributed by atoms with Gasteiger partial charge in [0.2, 0.25) is 0 Å². The number of carbonyl (C=O) groups excluding carboxylic acids is 4. The number of aromatic hydroxyl groups is 1. The topological polar surface area (TPSA) is 223 Å². The molecule has 25 heteroatoms. The number of anilines is 4. The number of ether oxygens (including phenoxy) is 5. The summed E-state index contributed by atoms with van der Waals surface area (Å²) >= 11 is 17.1. The summed E-state index contributed by atoms with van der Waals surface area (Å²) in [6, 6.07) is 15.0. The van der Waals surface area contributed by atoms with E-state index in [4.69, 9.17) is 58.5 Å². The van der Waals surface area contributed by atoms with E-state index in [2.05, 4.69) is 30.6 Å². The number of nitrogens with one attached hydrogen (secondary N) is 2. The fourth-order valence-corrected chi connectivity index (χ4v) is 8.38. The average Bonchev–Trinajstić information content (AvgIpc) is 3.36. The van der Waals surface area contributed by atoms with Crippen LogP contribution in [-0.2, 0) is 9.47 Å². The van der Waals surface area contributed by atoms with Crippen LogP contribution in [0.3, 0.4) is 0 Å². The Hall–Kier alpha value is -7.43. The van der Waals surface area contributed by atoms with Gasteiger partial charge < -0.3 is 59.0 Å². The molecule has 0 bridgehead atoms. The molecule has 2 saturated heterocycles. The Morgan fingerprint density at radius 1 is 0.628 bits per heavy atom. The van der Waals surface area contributed by atoms with Crippen LogP contribution in [0.5, 0.6) is 23.0 Å². The number of hydrogen-bond acceptors (Lipinski definition) is 16. The lowest BCUT2D eigenvalue weighted by atomic mass is 10.2. The molecular formula is C53H63Cl3F2N10O10. The first-order chi connectivity index (χ1) is 36.3. The second-order valence-electron chi connectivity index (χ2n) is 19.5. The highest BCUT2D eigenvalue weighted by Crippen LogP contribution is 2.37. The van der Waals surface area contributed by atoms with Gasteiger partial charge in [-0.05, 0) is 103 Å². The van der Waals surface area contributed by atoms with E-state index in [1.165, 1.54) is 56.0 Å². The van der Waals surface area contributed by atoms with Crippen molar-refractivity contribution in [1.29, 1.82) is 0 Å². The van der Waals surface area contributed by atoms with Crippen LogP contribution in [0.2, 0.25) is 10.0 Å². The molecule has 0 spiro atoms. The van der Waals surface area contributed by atoms with Gasteiger partial charge in [0, 0.05) is 68.2 Å². The van der Waals surface area contributed by atoms with Gasteiger partial charge in [0.25, 0.3) is 0 Å². The van der Waals surface area contributed by atoms with Gasteiger partial charge in [-0.15, -0.1) is 0 Å². The van der Waals surface area contributed by atoms with Gasteiger partial charge in [0.15, 0.2) is 34.6 Å². The van der Waals surface area contributed by atoms with Crippen molar-refractivity contribution in [2.45, 2.75) is 86.1 Å². The molecule has 4 aromatic carbocycles. The zero-order valence-corrected chi connectivity index (χ0v) is 46.2. The van der Waals surface area contributed by atoms with E-state index < -0.39 is 40.4 Å². The van der Waals surface area contributed by atoms with Crippen molar-refractivity contribution in [3.05, 3.63) is 95.0 Å². The van der Waals surface area contributed by atoms with Crippen LogP contribution in [0.15, 0.2) is 73.3 Å². The van der Waals surface area contributed by atoms with Crippen molar-refractivity contribution in [2.75, 3.05) is 64.1 Å². The highest BCUT2D eigenvalue weighted by atomic mass is 35.5. The van der Waals surface area contributed by atoms with Gasteiger partial charge in [0.05, 0.1) is 52.7 Å². The summed E-state index contributed by atoms with van der Waals surface area (Å²) in [6.45, 7) is 16.8. The van der Waals surface area contributed by atoms with Gasteiger partial charge in [-0.2, -0.15) is 0 Å². The van der Waals surface area contributed by atoms with E-state index in [-0.39, 0.29) is 76.6 Å². The van der Waals surface area contributed by atoms with Gasteiger partial charge in [-0.1, -0.05) is 42.8 Å². The summed E-state index contributed by atoms with van der Waals surface area (Å²) in [5.74, 6) is 0.0972. The maximum atomic E-state index is 14.5. The standard InChI is InChI=1S/C26H29ClFN5O5.C15H11ClFN3O2.C11H19ClN2O3.CH4/c1-15-13-32(24(34)38-26(2,3)4)9-10-33(15)25(35)37-21-11-16-19(12-20(21)36-5)29-14-30-23(16)31-18-8-6-7-17(27)22(18)28;1-22-13-6-11-8(5-12(13)21)15(19-7-18-11)20-10-4-2-3-9(16)14(10)17;1-8-7-13(5-6-14(8)9(12)15)10(16)17-11(2,3)4;/h6-8,11-12,14-15H,9-10,13H2,1-5H3,(H,29,30,31);2-7,21H,1H3,(H,18,19,20);8H,5-7H2,1-4H3;1H4/t15-;;8-;/m1.1./s1. The number of piperazine rings is 2. The SMILES string of the molecule is C.COc1cc2ncnc(Nc3cccc(Cl)c3F)c2cc1O.COc1cc2ncnc(Nc3cccc(Cl)c3F)c2cc1OC(=O)N1CCN(C(=O)OC(C)(C)C)C[C@H]1C.C[C@@H]1CN(C(=O)OC(C)(C)C)CCN1C(=O)Cl. The monoisotopic (exact) mass is 1140 g/mol. The lowest BCUT2D eigenvalue weighted by molar-refractivity contribution is 0.00773. The third-order valence-electron chi connectivity index (χ3n) is 11.5. The molecular weight excluding hydrogens is 1080 g/mol. The number of hydrogen-bond donors (Lipinski definition) is 3. The van der Waals surface area contributed by atoms with Crippen molar-refractivity contribution in [3.63, 3.8) is 0 Å². The quantitative estimate of drug-likeness (QED) is 0.0998. The molecule has 2 fully saturated rings. The lowest BCUT2D eigenvalue weighted by Crippen LogP contribution is -2.56. The van der Waals surface area contributed by atoms with Crippen LogP contribution >= 0.6 is 34.8 Å². The zero-order valence-electron chi connectivity index (χ0n) is 43.9. The minimum atomic E-state index is -0.624. The highest BCUT2D eigenvalue weighted by Gasteiger charge is 2.34. The van der Waals surface area contributed by atoms with Crippen LogP contribution < -0.4 is 24.8 Å². The average molecular weight is 1140 g/mol. The van der Waals surface area contributed by atoms with E-state index >= 15 is 0 Å². The van der Waals surface area contributed by atoms with Crippen molar-refractivity contribution < 1.29 is 56.7 Å². The summed E-state index contributed by atoms with van der Waals surface area (Å²) in [6.07, 6.45) is 1.29. The van der Waals surface area contributed by atoms with Crippen LogP contribution in [0.4, 0.5) is 51.0 Å². The fourth-order valence-electron chi connectivity index (χ4n) is 7.78. The third-order valence-corrected chi connectivity index (χ3v) is 12.3. The van der Waals surface area contributed by atoms with Gasteiger partial charge in [0.1, 0.15) is 35.5 Å². The number of methoxy groups -OCH3 is 2. The summed E-state index contributed by atoms with van der Waals surface area (Å²) in [7, 11) is 2.89. The normalized spacial score (nSPS) is 15.4. The molecule has 8 rings (SSSR count). The molecule has 0 saturated carbocycles. The number of fused-ring (bicyclic) bond motifs is 2. The van der Waals surface area contributed by atoms with Gasteiger partial charge >= 0.3 is 23.6 Å². The number of carbonyl (C=O) groups is 4. The van der Waals surface area contributed by atoms with Crippen molar-refractivity contribution in [1.82, 2.24) is 39.5 Å². The number of amides is 4. The van der Waals surface area contributed by atoms with E-state index in [0.29, 0.717) is 66.1 Å². The second-order valence-corrected chi connectivity index (χ2v) is 20.7. The smallest absolute Gasteiger partial charge is 0.415 e. The zero-order chi connectivity index (χ0) is 56.5. The summed E-state index contributed by atoms with van der Waals surface area (Å²) in [5, 5.41) is 16.2. The van der Waals surface area contributed by atoms with Crippen LogP contribution in [0, 0.1) is 11.6 Å². The molecule has 0 unspecified atom stereocenters. The Morgan fingerprint density at radius 3 is 1.49 bits per heavy atom. The molecule has 0 radical (unpaired) electrons. The maximum Gasteiger partial charge on any atom is 0.415 e. The molecule has 3 N–H and O–H groups in total. The molecule has 20 nitrogen and oxygen atoms in total. The molecule has 2 atom stereocenters. The predicted molar refractivity (Wildman–Crippen MR) is 295 cm³/mol. The van der Waals surface area contributed by atoms with Crippen molar-refractivity contribution >= 4 is 103 Å². The third kappa shape index (κ3) is 15.8. The van der Waals surface area contributed by atoms with E-state index in [1.807, 2.05) is 34.6 Å². The van der Waals surface area contributed by atoms with Gasteiger partial charge in [-0.25, -0.2) is 43.1 Å². The largest absolute Gasteiger partial charge is 0.504 e. The molecule has 0 aliphatic carbocycles. The van der Waals surface area contributed by atoms with Crippen LogP contribution in [0.25, 0.3) is 21.8 Å². The Morgan fingerprint density at radius 2 is 1.06 bits per heavy atom. The second kappa shape index (κ2) is 26.3. The number of halogens is 5. The van der Waals surface area contributed by atoms with E-state index in [1.54, 1.807) is 71.9 Å². The van der Waals surface area contributed by atoms with Gasteiger partial charge in [-0.3, -0.25) is 4.79 Å². The number of phenolic OH excluding ortho intramolecular Hbond substituents is 1. The van der Waals surface area contributed by atoms with Crippen LogP contribution in [0.1, 0.15) is 62.8 Å². The summed E-state index contributed by atoms with van der Waals surface area (Å²) < 4.78 is 55.4. The number of nitrogens with zero attached hydrogens (tertiary/aromatic N) is 8. The molecule has 78 heavy (non-hydrogen) atoms. The first-order valence-electron chi connectivity index (χ1n) is 23.9. The van der Waals surface area contributed by atoms with Crippen molar-refractivity contribution in [2.24, 2.45) is 0 Å². The number of rotatable bonds is 7. The molecule has 4 amide bonds. The fraction of sp³-hybridized carbons (Fsp3) is 0.396. The minimum absolute atomic E-state index is 0. The first-order valence-corrected chi connectivity index (χ1v) is 25.1. The van der Waals surface area contributed by atoms with Crippen LogP contribution in [-0.4, -0.2) is 145 Å². The molecule has 2 aromatic heterocycles. The Labute approximate surface area is 465 Å². The molecule has 2 aliphatic rings. The Balaban J connectivity index is 0.000000237. The number of aromatic nitrogens is 4.